The van der Waals surface area contributed by atoms with Gasteiger partial charge in [0.25, 0.3) is 5.91 Å². The summed E-state index contributed by atoms with van der Waals surface area (Å²) in [4.78, 5) is 29.7. The van der Waals surface area contributed by atoms with Crippen LogP contribution in [0.3, 0.4) is 0 Å². The maximum Gasteiger partial charge on any atom is 0.343 e. The number of carbonyl (C=O) groups excluding carboxylic acids is 2. The summed E-state index contributed by atoms with van der Waals surface area (Å²) in [6, 6.07) is 31.5. The fourth-order valence-corrected chi connectivity index (χ4v) is 6.35. The minimum atomic E-state index is -0.521. The van der Waals surface area contributed by atoms with Crippen LogP contribution < -0.4 is 10.2 Å². The molecule has 6 aromatic rings. The van der Waals surface area contributed by atoms with Gasteiger partial charge in [0.2, 0.25) is 0 Å². The third-order valence-electron chi connectivity index (χ3n) is 6.68. The molecule has 0 bridgehead atoms. The van der Waals surface area contributed by atoms with Crippen LogP contribution in [0.4, 0.5) is 0 Å². The highest BCUT2D eigenvalue weighted by atomic mass is 79.9. The van der Waals surface area contributed by atoms with Crippen LogP contribution in [0.5, 0.6) is 5.75 Å². The van der Waals surface area contributed by atoms with Crippen molar-refractivity contribution >= 4 is 83.2 Å². The number of ether oxygens (including phenoxy) is 1. The first-order chi connectivity index (χ1) is 20.4. The predicted molar refractivity (Wildman–Crippen MR) is 175 cm³/mol. The van der Waals surface area contributed by atoms with E-state index in [1.807, 2.05) is 60.7 Å². The number of nitrogens with one attached hydrogen (secondary N) is 2. The SMILES string of the molecule is O=C(Oc1c(Br)cc(Br)cc1C=NNC(=O)c1[nH]c2c(ccc3ccccc32)c1-c1ccccc1Cl)c1ccccc1. The number of halogens is 3. The van der Waals surface area contributed by atoms with E-state index in [0.29, 0.717) is 31.9 Å². The lowest BCUT2D eigenvalue weighted by molar-refractivity contribution is 0.0733. The number of aromatic amines is 1. The van der Waals surface area contributed by atoms with Gasteiger partial charge in [0.05, 0.1) is 21.8 Å². The van der Waals surface area contributed by atoms with Gasteiger partial charge in [0.1, 0.15) is 5.69 Å². The van der Waals surface area contributed by atoms with Gasteiger partial charge in [-0.15, -0.1) is 0 Å². The van der Waals surface area contributed by atoms with E-state index in [2.05, 4.69) is 47.4 Å². The lowest BCUT2D eigenvalue weighted by Gasteiger charge is -2.10. The normalized spacial score (nSPS) is 11.3. The highest BCUT2D eigenvalue weighted by Gasteiger charge is 2.22. The van der Waals surface area contributed by atoms with Crippen LogP contribution in [0, 0.1) is 0 Å². The van der Waals surface area contributed by atoms with E-state index in [1.54, 1.807) is 42.5 Å². The van der Waals surface area contributed by atoms with Crippen LogP contribution in [0.1, 0.15) is 26.4 Å². The van der Waals surface area contributed by atoms with E-state index in [0.717, 1.165) is 31.7 Å². The largest absolute Gasteiger partial charge is 0.421 e. The van der Waals surface area contributed by atoms with Crippen molar-refractivity contribution in [2.45, 2.75) is 0 Å². The Morgan fingerprint density at radius 1 is 0.857 bits per heavy atom. The van der Waals surface area contributed by atoms with Crippen molar-refractivity contribution in [2.75, 3.05) is 0 Å². The van der Waals surface area contributed by atoms with Gasteiger partial charge in [-0.3, -0.25) is 4.79 Å². The number of fused-ring (bicyclic) bond motifs is 3. The number of carbonyl (C=O) groups is 2. The van der Waals surface area contributed by atoms with Gasteiger partial charge >= 0.3 is 5.97 Å². The molecule has 0 aliphatic rings. The number of rotatable bonds is 6. The molecule has 42 heavy (non-hydrogen) atoms. The van der Waals surface area contributed by atoms with Crippen molar-refractivity contribution in [1.82, 2.24) is 10.4 Å². The van der Waals surface area contributed by atoms with Gasteiger partial charge in [-0.05, 0) is 51.6 Å². The number of hydrogen-bond acceptors (Lipinski definition) is 4. The summed E-state index contributed by atoms with van der Waals surface area (Å²) in [5.74, 6) is -0.718. The first-order valence-corrected chi connectivity index (χ1v) is 14.7. The fourth-order valence-electron chi connectivity index (χ4n) is 4.78. The van der Waals surface area contributed by atoms with Crippen LogP contribution in [0.15, 0.2) is 117 Å². The second-order valence-electron chi connectivity index (χ2n) is 9.32. The van der Waals surface area contributed by atoms with Crippen LogP contribution in [-0.2, 0) is 0 Å². The van der Waals surface area contributed by atoms with Gasteiger partial charge in [0, 0.05) is 37.0 Å². The van der Waals surface area contributed by atoms with E-state index in [-0.39, 0.29) is 5.75 Å². The molecule has 0 saturated carbocycles. The molecule has 5 aromatic carbocycles. The number of amides is 1. The Kier molecular flexibility index (Phi) is 7.93. The van der Waals surface area contributed by atoms with Gasteiger partial charge in [-0.25, -0.2) is 10.2 Å². The predicted octanol–water partition coefficient (Wildman–Crippen LogP) is 9.15. The van der Waals surface area contributed by atoms with Crippen LogP contribution in [0.2, 0.25) is 5.02 Å². The summed E-state index contributed by atoms with van der Waals surface area (Å²) in [7, 11) is 0. The number of hydrazone groups is 1. The molecule has 206 valence electrons. The van der Waals surface area contributed by atoms with Crippen molar-refractivity contribution in [3.63, 3.8) is 0 Å². The lowest BCUT2D eigenvalue weighted by atomic mass is 9.99. The smallest absolute Gasteiger partial charge is 0.343 e. The Hall–Kier alpha value is -4.24. The van der Waals surface area contributed by atoms with Gasteiger partial charge in [0.15, 0.2) is 5.75 Å². The van der Waals surface area contributed by atoms with Crippen molar-refractivity contribution < 1.29 is 14.3 Å². The highest BCUT2D eigenvalue weighted by Crippen LogP contribution is 2.39. The maximum atomic E-state index is 13.6. The summed E-state index contributed by atoms with van der Waals surface area (Å²) >= 11 is 13.5. The average molecular weight is 702 g/mol. The molecule has 6 nitrogen and oxygen atoms in total. The third-order valence-corrected chi connectivity index (χ3v) is 8.06. The fraction of sp³-hybridized carbons (Fsp3) is 0. The van der Waals surface area contributed by atoms with E-state index >= 15 is 0 Å². The molecule has 9 heteroatoms. The van der Waals surface area contributed by atoms with E-state index in [1.165, 1.54) is 6.21 Å². The topological polar surface area (TPSA) is 83.5 Å². The summed E-state index contributed by atoms with van der Waals surface area (Å²) in [6.07, 6.45) is 1.42. The Balaban J connectivity index is 1.36. The van der Waals surface area contributed by atoms with Crippen LogP contribution in [-0.4, -0.2) is 23.1 Å². The molecule has 1 amide bonds. The summed E-state index contributed by atoms with van der Waals surface area (Å²) in [5.41, 5.74) is 6.03. The van der Waals surface area contributed by atoms with E-state index in [4.69, 9.17) is 16.3 Å². The van der Waals surface area contributed by atoms with Crippen molar-refractivity contribution in [2.24, 2.45) is 5.10 Å². The molecule has 0 saturated heterocycles. The minimum absolute atomic E-state index is 0.263. The number of aromatic nitrogens is 1. The molecule has 0 aliphatic carbocycles. The Bertz CT molecular complexity index is 2020. The van der Waals surface area contributed by atoms with E-state index < -0.39 is 11.9 Å². The molecular weight excluding hydrogens is 682 g/mol. The molecule has 6 rings (SSSR count). The molecule has 0 fully saturated rings. The number of hydrogen-bond donors (Lipinski definition) is 2. The minimum Gasteiger partial charge on any atom is -0.421 e. The first kappa shape index (κ1) is 27.9. The van der Waals surface area contributed by atoms with Crippen molar-refractivity contribution in [1.29, 1.82) is 0 Å². The summed E-state index contributed by atoms with van der Waals surface area (Å²) < 4.78 is 6.97. The number of esters is 1. The monoisotopic (exact) mass is 699 g/mol. The molecule has 0 aliphatic heterocycles. The zero-order valence-corrected chi connectivity index (χ0v) is 25.6. The second kappa shape index (κ2) is 11.9. The molecule has 0 atom stereocenters. The summed E-state index contributed by atoms with van der Waals surface area (Å²) in [5, 5.41) is 7.63. The number of H-pyrrole nitrogens is 1. The van der Waals surface area contributed by atoms with E-state index in [9.17, 15) is 9.59 Å². The Morgan fingerprint density at radius 3 is 2.40 bits per heavy atom. The molecule has 0 unspecified atom stereocenters. The molecule has 0 spiro atoms. The molecule has 1 aromatic heterocycles. The molecular formula is C33H20Br2ClN3O3. The first-order valence-electron chi connectivity index (χ1n) is 12.8. The van der Waals surface area contributed by atoms with Crippen LogP contribution in [0.25, 0.3) is 32.8 Å². The van der Waals surface area contributed by atoms with Crippen molar-refractivity contribution in [3.05, 3.63) is 134 Å². The number of benzene rings is 5. The van der Waals surface area contributed by atoms with Crippen molar-refractivity contribution in [3.8, 4) is 16.9 Å². The lowest BCUT2D eigenvalue weighted by Crippen LogP contribution is -2.19. The van der Waals surface area contributed by atoms with Crippen LogP contribution >= 0.6 is 43.5 Å². The average Bonchev–Trinajstić information content (AvgIpc) is 3.39. The quantitative estimate of drug-likeness (QED) is 0.0787. The molecule has 2 N–H and O–H groups in total. The maximum absolute atomic E-state index is 13.6. The zero-order chi connectivity index (χ0) is 29.2. The highest BCUT2D eigenvalue weighted by molar-refractivity contribution is 9.11. The Morgan fingerprint density at radius 2 is 1.60 bits per heavy atom. The van der Waals surface area contributed by atoms with Gasteiger partial charge in [-0.1, -0.05) is 100 Å². The second-order valence-corrected chi connectivity index (χ2v) is 11.5. The molecule has 0 radical (unpaired) electrons. The van der Waals surface area contributed by atoms with Gasteiger partial charge < -0.3 is 9.72 Å². The van der Waals surface area contributed by atoms with Gasteiger partial charge in [-0.2, -0.15) is 5.10 Å². The zero-order valence-electron chi connectivity index (χ0n) is 21.7. The molecule has 1 heterocycles. The third kappa shape index (κ3) is 5.48. The summed E-state index contributed by atoms with van der Waals surface area (Å²) in [6.45, 7) is 0. The standard InChI is InChI=1S/C33H20Br2ClN3O3/c34-22-16-21(31(26(35)17-22)42-33(41)20-9-2-1-3-10-20)18-37-39-32(40)30-28(24-12-6-7-13-27(24)36)25-15-14-19-8-4-5-11-23(19)29(25)38-30/h1-18,38H,(H,39,40). The Labute approximate surface area is 262 Å². The number of nitrogens with zero attached hydrogens (tertiary/aromatic N) is 1.